The Kier molecular flexibility index (Phi) is 9.39. The van der Waals surface area contributed by atoms with E-state index in [9.17, 15) is 0 Å². The van der Waals surface area contributed by atoms with Crippen molar-refractivity contribution in [3.8, 4) is 0 Å². The topological polar surface area (TPSA) is 27.7 Å². The summed E-state index contributed by atoms with van der Waals surface area (Å²) in [5.74, 6) is 0. The van der Waals surface area contributed by atoms with Crippen LogP contribution in [0.25, 0.3) is 0 Å². The van der Waals surface area contributed by atoms with Crippen LogP contribution >= 0.6 is 0 Å². The Morgan fingerprint density at radius 3 is 1.67 bits per heavy atom. The third kappa shape index (κ3) is 7.96. The van der Waals surface area contributed by atoms with Gasteiger partial charge in [-0.3, -0.25) is 0 Å². The second-order valence-corrected chi connectivity index (χ2v) is 4.01. The lowest BCUT2D eigenvalue weighted by atomic mass is 10.4. The molecule has 0 unspecified atom stereocenters. The minimum atomic E-state index is -1.04. The summed E-state index contributed by atoms with van der Waals surface area (Å²) in [5, 5.41) is 0. The van der Waals surface area contributed by atoms with Gasteiger partial charge in [0, 0.05) is 6.61 Å². The van der Waals surface area contributed by atoms with Crippen molar-refractivity contribution in [1.29, 1.82) is 0 Å². The van der Waals surface area contributed by atoms with E-state index in [2.05, 4.69) is 24.1 Å². The number of ether oxygens (including phenoxy) is 3. The molecule has 0 fully saturated rings. The highest BCUT2D eigenvalue weighted by Crippen LogP contribution is 2.12. The lowest BCUT2D eigenvalue weighted by Crippen LogP contribution is -2.40. The average molecular weight is 231 g/mol. The summed E-state index contributed by atoms with van der Waals surface area (Å²) in [7, 11) is 3.39. The van der Waals surface area contributed by atoms with Gasteiger partial charge in [0.1, 0.15) is 0 Å². The molecule has 0 atom stereocenters. The minimum Gasteiger partial charge on any atom is -0.332 e. The van der Waals surface area contributed by atoms with Gasteiger partial charge in [-0.05, 0) is 19.8 Å². The molecule has 89 valence electrons. The first-order chi connectivity index (χ1) is 7.18. The molecule has 0 N–H and O–H groups in total. The molecule has 15 heavy (non-hydrogen) atoms. The van der Waals surface area contributed by atoms with Gasteiger partial charge in [-0.2, -0.15) is 0 Å². The zero-order valence-electron chi connectivity index (χ0n) is 10.2. The fourth-order valence-electron chi connectivity index (χ4n) is 1.02. The molecule has 4 heteroatoms. The molecule has 0 saturated heterocycles. The molecule has 0 saturated carbocycles. The van der Waals surface area contributed by atoms with Crippen molar-refractivity contribution in [2.24, 2.45) is 0 Å². The van der Waals surface area contributed by atoms with Gasteiger partial charge in [0.05, 0.1) is 13.2 Å². The summed E-state index contributed by atoms with van der Waals surface area (Å²) >= 11 is 0. The standard InChI is InChI=1S/C11H23O3Si/c1-4-7-9-13-11(15,12-6-3)14-10-8-5-2/h4-10H2,1-3H3. The molecule has 0 bridgehead atoms. The predicted octanol–water partition coefficient (Wildman–Crippen LogP) is 2.44. The summed E-state index contributed by atoms with van der Waals surface area (Å²) < 4.78 is 16.4. The molecular formula is C11H23O3Si. The lowest BCUT2D eigenvalue weighted by molar-refractivity contribution is -0.324. The molecule has 0 aliphatic heterocycles. The van der Waals surface area contributed by atoms with Gasteiger partial charge >= 0.3 is 0 Å². The largest absolute Gasteiger partial charge is 0.332 e. The zero-order chi connectivity index (χ0) is 11.6. The molecule has 0 aromatic carbocycles. The second-order valence-electron chi connectivity index (χ2n) is 3.39. The van der Waals surface area contributed by atoms with E-state index in [4.69, 9.17) is 14.2 Å². The van der Waals surface area contributed by atoms with Gasteiger partial charge in [0.2, 0.25) is 5.60 Å². The molecule has 0 aliphatic carbocycles. The summed E-state index contributed by atoms with van der Waals surface area (Å²) in [6.45, 7) is 8.01. The van der Waals surface area contributed by atoms with Crippen LogP contribution < -0.4 is 0 Å². The van der Waals surface area contributed by atoms with E-state index in [0.29, 0.717) is 19.8 Å². The number of rotatable bonds is 10. The van der Waals surface area contributed by atoms with Crippen molar-refractivity contribution in [2.45, 2.75) is 52.1 Å². The van der Waals surface area contributed by atoms with Gasteiger partial charge in [0.15, 0.2) is 10.2 Å². The highest BCUT2D eigenvalue weighted by atomic mass is 28.1. The predicted molar refractivity (Wildman–Crippen MR) is 61.8 cm³/mol. The van der Waals surface area contributed by atoms with E-state index in [-0.39, 0.29) is 0 Å². The summed E-state index contributed by atoms with van der Waals surface area (Å²) in [6.07, 6.45) is 4.22. The zero-order valence-corrected chi connectivity index (χ0v) is 11.2. The van der Waals surface area contributed by atoms with E-state index in [0.717, 1.165) is 25.7 Å². The molecule has 0 aromatic heterocycles. The van der Waals surface area contributed by atoms with Crippen LogP contribution in [0.2, 0.25) is 0 Å². The van der Waals surface area contributed by atoms with Gasteiger partial charge in [-0.1, -0.05) is 26.7 Å². The van der Waals surface area contributed by atoms with Crippen LogP contribution in [0.15, 0.2) is 0 Å². The molecule has 0 aliphatic rings. The minimum absolute atomic E-state index is 0.557. The molecule has 3 nitrogen and oxygen atoms in total. The Labute approximate surface area is 96.9 Å². The average Bonchev–Trinajstić information content (AvgIpc) is 2.19. The molecule has 0 amide bonds. The van der Waals surface area contributed by atoms with Gasteiger partial charge in [0.25, 0.3) is 0 Å². The maximum Gasteiger partial charge on any atom is 0.248 e. The van der Waals surface area contributed by atoms with Gasteiger partial charge < -0.3 is 14.2 Å². The van der Waals surface area contributed by atoms with Crippen LogP contribution in [0.5, 0.6) is 0 Å². The highest BCUT2D eigenvalue weighted by Gasteiger charge is 2.25. The summed E-state index contributed by atoms with van der Waals surface area (Å²) in [4.78, 5) is 0. The third-order valence-corrected chi connectivity index (χ3v) is 2.35. The molecule has 0 rings (SSSR count). The molecule has 3 radical (unpaired) electrons. The van der Waals surface area contributed by atoms with Crippen LogP contribution in [0, 0.1) is 0 Å². The van der Waals surface area contributed by atoms with Crippen molar-refractivity contribution in [3.05, 3.63) is 0 Å². The second kappa shape index (κ2) is 9.33. The van der Waals surface area contributed by atoms with Crippen LogP contribution in [0.4, 0.5) is 0 Å². The fraction of sp³-hybridized carbons (Fsp3) is 1.00. The quantitative estimate of drug-likeness (QED) is 0.328. The Morgan fingerprint density at radius 1 is 0.867 bits per heavy atom. The van der Waals surface area contributed by atoms with Gasteiger partial charge in [-0.25, -0.2) is 0 Å². The summed E-state index contributed by atoms with van der Waals surface area (Å²) in [5.41, 5.74) is -1.04. The van der Waals surface area contributed by atoms with Gasteiger partial charge in [-0.15, -0.1) is 0 Å². The normalized spacial score (nSPS) is 12.0. The van der Waals surface area contributed by atoms with Crippen LogP contribution in [0.3, 0.4) is 0 Å². The Hall–Kier alpha value is 0.0969. The fourth-order valence-corrected chi connectivity index (χ4v) is 1.37. The first-order valence-corrected chi connectivity index (χ1v) is 6.35. The van der Waals surface area contributed by atoms with Crippen LogP contribution in [0.1, 0.15) is 46.5 Å². The van der Waals surface area contributed by atoms with Crippen molar-refractivity contribution in [3.63, 3.8) is 0 Å². The van der Waals surface area contributed by atoms with E-state index >= 15 is 0 Å². The van der Waals surface area contributed by atoms with E-state index in [1.54, 1.807) is 0 Å². The maximum absolute atomic E-state index is 5.53. The van der Waals surface area contributed by atoms with E-state index < -0.39 is 5.60 Å². The van der Waals surface area contributed by atoms with Crippen LogP contribution in [-0.2, 0) is 14.2 Å². The van der Waals surface area contributed by atoms with Crippen molar-refractivity contribution in [2.75, 3.05) is 19.8 Å². The number of hydrogen-bond acceptors (Lipinski definition) is 3. The van der Waals surface area contributed by atoms with E-state index in [1.807, 2.05) is 6.92 Å². The Bertz CT molecular complexity index is 132. The van der Waals surface area contributed by atoms with Crippen LogP contribution in [-0.4, -0.2) is 35.7 Å². The maximum atomic E-state index is 5.53. The molecule has 0 aromatic rings. The SMILES string of the molecule is CCCCOC([Si])(OCC)OCCCC. The van der Waals surface area contributed by atoms with Crippen molar-refractivity contribution >= 4 is 10.2 Å². The molecule has 0 spiro atoms. The van der Waals surface area contributed by atoms with E-state index in [1.165, 1.54) is 0 Å². The van der Waals surface area contributed by atoms with Crippen molar-refractivity contribution < 1.29 is 14.2 Å². The smallest absolute Gasteiger partial charge is 0.248 e. The first kappa shape index (κ1) is 15.1. The molecular weight excluding hydrogens is 208 g/mol. The highest BCUT2D eigenvalue weighted by molar-refractivity contribution is 6.12. The summed E-state index contributed by atoms with van der Waals surface area (Å²) in [6, 6.07) is 0. The van der Waals surface area contributed by atoms with Crippen molar-refractivity contribution in [1.82, 2.24) is 0 Å². The Balaban J connectivity index is 3.83. The molecule has 0 heterocycles. The third-order valence-electron chi connectivity index (χ3n) is 1.91. The Morgan fingerprint density at radius 2 is 1.33 bits per heavy atom. The monoisotopic (exact) mass is 231 g/mol. The first-order valence-electron chi connectivity index (χ1n) is 5.85. The number of hydrogen-bond donors (Lipinski definition) is 0. The number of unbranched alkanes of at least 4 members (excludes halogenated alkanes) is 2. The lowest BCUT2D eigenvalue weighted by Gasteiger charge is -2.29.